The first-order chi connectivity index (χ1) is 1.00. The zero-order valence-electron chi connectivity index (χ0n) is 3.04. The van der Waals surface area contributed by atoms with Gasteiger partial charge >= 0.3 is 0 Å². The predicted molar refractivity (Wildman–Crippen MR) is 13.9 cm³/mol. The molecule has 0 rings (SSSR count). The quantitative estimate of drug-likeness (QED) is 0.217. The maximum atomic E-state index is 5.25. The molecule has 0 unspecified atom stereocenters. The van der Waals surface area contributed by atoms with Gasteiger partial charge in [0.05, 0.1) is 0 Å². The minimum absolute atomic E-state index is 0. The molecule has 0 N–H and O–H groups in total. The van der Waals surface area contributed by atoms with E-state index in [2.05, 4.69) is 6.42 Å². The maximum Gasteiger partial charge on any atom is 0 e. The Bertz CT molecular complexity index is 14.4. The minimum atomic E-state index is 0. The summed E-state index contributed by atoms with van der Waals surface area (Å²) >= 11 is 0. The van der Waals surface area contributed by atoms with E-state index in [0.29, 0.717) is 0 Å². The fourth-order valence-corrected chi connectivity index (χ4v) is 0. The van der Waals surface area contributed by atoms with Crippen molar-refractivity contribution < 1.29 is 18.8 Å². The van der Waals surface area contributed by atoms with E-state index < -0.39 is 0 Å². The van der Waals surface area contributed by atoms with Gasteiger partial charge in [0.25, 0.3) is 0 Å². The Kier molecular flexibility index (Phi) is 514000. The van der Waals surface area contributed by atoms with Crippen LogP contribution in [0.25, 0.3) is 0 Å². The van der Waals surface area contributed by atoms with Crippen LogP contribution < -0.4 is 18.8 Å². The Labute approximate surface area is 56.6 Å². The molecule has 5 heteroatoms. The summed E-state index contributed by atoms with van der Waals surface area (Å²) < 4.78 is 0. The van der Waals surface area contributed by atoms with Crippen LogP contribution in [0.4, 0.5) is 0 Å². The fraction of sp³-hybridized carbons (Fsp3) is 0. The second-order valence-corrected chi connectivity index (χ2v) is 0. The Hall–Kier alpha value is 0.0982. The minimum Gasteiger partial charge on any atom is -1.00 e. The molecule has 0 aromatic carbocycles. The summed E-state index contributed by atoms with van der Waals surface area (Å²) in [6.45, 7) is 0. The van der Waals surface area contributed by atoms with Crippen LogP contribution in [0.3, 0.4) is 0 Å². The third-order valence-electron chi connectivity index (χ3n) is 0. The van der Waals surface area contributed by atoms with E-state index in [0.717, 1.165) is 0 Å². The average molecular weight is 223 g/mol. The van der Waals surface area contributed by atoms with Crippen molar-refractivity contribution in [2.75, 3.05) is 0 Å². The van der Waals surface area contributed by atoms with Crippen LogP contribution in [0.1, 0.15) is 0 Å². The molecular formula is C2HF4Sb-4. The molecule has 0 aliphatic carbocycles. The van der Waals surface area contributed by atoms with Gasteiger partial charge in [-0.05, 0) is 6.42 Å². The van der Waals surface area contributed by atoms with Gasteiger partial charge in [-0.1, -0.05) is 0 Å². The summed E-state index contributed by atoms with van der Waals surface area (Å²) in [5.74, 6) is 0. The first-order valence-electron chi connectivity index (χ1n) is 0.289. The molecule has 4 radical (unpaired) electrons. The van der Waals surface area contributed by atoms with Crippen molar-refractivity contribution in [1.82, 2.24) is 0 Å². The van der Waals surface area contributed by atoms with Crippen molar-refractivity contribution in [3.8, 4) is 6.42 Å². The first kappa shape index (κ1) is 219. The molecule has 0 aliphatic rings. The molecule has 0 saturated heterocycles. The molecular weight excluding hydrogens is 222 g/mol. The molecule has 0 aliphatic heterocycles. The predicted octanol–water partition coefficient (Wildman–Crippen LogP) is -12.2. The number of hydrogen-bond acceptors (Lipinski definition) is 0. The monoisotopic (exact) mass is 222 g/mol. The molecule has 0 saturated carbocycles. The second kappa shape index (κ2) is 16400. The van der Waals surface area contributed by atoms with Gasteiger partial charge in [0, 0.05) is 24.4 Å². The van der Waals surface area contributed by atoms with Crippen LogP contribution in [0.5, 0.6) is 0 Å². The Balaban J connectivity index is -0.000000000500. The molecule has 0 spiro atoms. The Morgan fingerprint density at radius 2 is 0.714 bits per heavy atom. The van der Waals surface area contributed by atoms with E-state index in [1.807, 2.05) is 0 Å². The van der Waals surface area contributed by atoms with E-state index in [1.54, 1.807) is 0 Å². The fourth-order valence-electron chi connectivity index (χ4n) is 0. The number of hydrogen-bond donors (Lipinski definition) is 0. The van der Waals surface area contributed by atoms with E-state index in [9.17, 15) is 0 Å². The smallest absolute Gasteiger partial charge is 0 e. The van der Waals surface area contributed by atoms with Crippen molar-refractivity contribution in [3.63, 3.8) is 0 Å². The first-order valence-corrected chi connectivity index (χ1v) is 0.289. The summed E-state index contributed by atoms with van der Waals surface area (Å²) in [6, 6.07) is 0. The molecule has 0 fully saturated rings. The molecule has 0 aromatic rings. The van der Waals surface area contributed by atoms with E-state index in [-0.39, 0.29) is 43.2 Å². The van der Waals surface area contributed by atoms with Crippen LogP contribution >= 0.6 is 0 Å². The van der Waals surface area contributed by atoms with Crippen LogP contribution in [0, 0.1) is 12.8 Å². The second-order valence-electron chi connectivity index (χ2n) is 0. The number of rotatable bonds is 0. The van der Waals surface area contributed by atoms with Crippen molar-refractivity contribution >= 4 is 24.4 Å². The van der Waals surface area contributed by atoms with Gasteiger partial charge in [-0.2, -0.15) is 0 Å². The topological polar surface area (TPSA) is 0 Å². The summed E-state index contributed by atoms with van der Waals surface area (Å²) in [7, 11) is 0. The molecule has 0 heterocycles. The van der Waals surface area contributed by atoms with Crippen LogP contribution in [-0.4, -0.2) is 24.4 Å². The van der Waals surface area contributed by atoms with Crippen molar-refractivity contribution in [2.45, 2.75) is 0 Å². The number of terminal acetylenes is 1. The van der Waals surface area contributed by atoms with E-state index in [4.69, 9.17) is 6.42 Å². The zero-order chi connectivity index (χ0) is 2.00. The average Bonchev–Trinajstić information content (AvgIpc) is 1.00. The van der Waals surface area contributed by atoms with Gasteiger partial charge in [0.1, 0.15) is 0 Å². The number of halogens is 4. The molecule has 0 bridgehead atoms. The zero-order valence-corrected chi connectivity index (χ0v) is 5.59. The Morgan fingerprint density at radius 1 is 0.714 bits per heavy atom. The van der Waals surface area contributed by atoms with Crippen LogP contribution in [-0.2, 0) is 0 Å². The molecule has 46 valence electrons. The van der Waals surface area contributed by atoms with Gasteiger partial charge < -0.3 is 18.8 Å². The molecule has 0 amide bonds. The van der Waals surface area contributed by atoms with Crippen molar-refractivity contribution in [2.24, 2.45) is 0 Å². The molecule has 0 nitrogen and oxygen atoms in total. The van der Waals surface area contributed by atoms with Gasteiger partial charge in [-0.15, -0.1) is 6.42 Å². The summed E-state index contributed by atoms with van der Waals surface area (Å²) in [4.78, 5) is 0. The van der Waals surface area contributed by atoms with Gasteiger partial charge in [-0.25, -0.2) is 0 Å². The SMILES string of the molecule is [C]#C.[F-].[F-].[F-].[F-].[Sb]. The summed E-state index contributed by atoms with van der Waals surface area (Å²) in [5.41, 5.74) is 0. The summed E-state index contributed by atoms with van der Waals surface area (Å²) in [5, 5.41) is 0. The summed E-state index contributed by atoms with van der Waals surface area (Å²) in [6.07, 6.45) is 9.00. The van der Waals surface area contributed by atoms with E-state index >= 15 is 0 Å². The van der Waals surface area contributed by atoms with Crippen molar-refractivity contribution in [1.29, 1.82) is 0 Å². The third kappa shape index (κ3) is 10600. The van der Waals surface area contributed by atoms with Gasteiger partial charge in [-0.3, -0.25) is 0 Å². The van der Waals surface area contributed by atoms with Crippen LogP contribution in [0.2, 0.25) is 0 Å². The van der Waals surface area contributed by atoms with Gasteiger partial charge in [0.2, 0.25) is 0 Å². The largest absolute Gasteiger partial charge is 1.00 e. The maximum absolute atomic E-state index is 5.25. The van der Waals surface area contributed by atoms with Gasteiger partial charge in [0.15, 0.2) is 0 Å². The Morgan fingerprint density at radius 3 is 0.714 bits per heavy atom. The standard InChI is InChI=1S/C2H.4FH.Sb/c1-2;;;;;/h1H;4*1H;/p-4. The van der Waals surface area contributed by atoms with E-state index in [1.165, 1.54) is 0 Å². The molecule has 0 atom stereocenters. The van der Waals surface area contributed by atoms with Crippen LogP contribution in [0.15, 0.2) is 0 Å². The molecule has 0 aromatic heterocycles. The van der Waals surface area contributed by atoms with Crippen molar-refractivity contribution in [3.05, 3.63) is 6.42 Å². The third-order valence-corrected chi connectivity index (χ3v) is 0. The normalized spacial score (nSPS) is 0.286. The molecule has 7 heavy (non-hydrogen) atoms.